The molecule has 1 heterocycles. The minimum absolute atomic E-state index is 0.0520. The van der Waals surface area contributed by atoms with Crippen molar-refractivity contribution in [3.8, 4) is 0 Å². The molecule has 1 aliphatic heterocycles. The second kappa shape index (κ2) is 4.16. The molecule has 84 valence electrons. The Kier molecular flexibility index (Phi) is 3.55. The molecular weight excluding hydrogens is 200 g/mol. The third-order valence-electron chi connectivity index (χ3n) is 2.54. The van der Waals surface area contributed by atoms with Crippen LogP contribution in [0, 0.1) is 0 Å². The van der Waals surface area contributed by atoms with Crippen molar-refractivity contribution in [3.63, 3.8) is 0 Å². The molecule has 1 rings (SSSR count). The highest BCUT2D eigenvalue weighted by Gasteiger charge is 2.34. The van der Waals surface area contributed by atoms with Crippen LogP contribution in [0.1, 0.15) is 20.3 Å². The van der Waals surface area contributed by atoms with Crippen LogP contribution in [0.25, 0.3) is 0 Å². The molecule has 4 nitrogen and oxygen atoms in total. The maximum atomic E-state index is 11.2. The van der Waals surface area contributed by atoms with Gasteiger partial charge in [0.2, 0.25) is 0 Å². The van der Waals surface area contributed by atoms with E-state index in [1.807, 2.05) is 6.92 Å². The minimum atomic E-state index is -2.79. The zero-order valence-corrected chi connectivity index (χ0v) is 9.81. The van der Waals surface area contributed by atoms with Crippen LogP contribution < -0.4 is 5.73 Å². The van der Waals surface area contributed by atoms with E-state index in [0.29, 0.717) is 5.75 Å². The van der Waals surface area contributed by atoms with Crippen LogP contribution >= 0.6 is 0 Å². The van der Waals surface area contributed by atoms with E-state index in [2.05, 4.69) is 4.90 Å². The van der Waals surface area contributed by atoms with Crippen molar-refractivity contribution in [2.45, 2.75) is 25.8 Å². The number of hydrogen-bond acceptors (Lipinski definition) is 4. The van der Waals surface area contributed by atoms with Crippen LogP contribution in [0.15, 0.2) is 0 Å². The first-order chi connectivity index (χ1) is 6.35. The minimum Gasteiger partial charge on any atom is -0.323 e. The summed E-state index contributed by atoms with van der Waals surface area (Å²) in [7, 11) is -2.79. The van der Waals surface area contributed by atoms with E-state index in [1.165, 1.54) is 0 Å². The zero-order chi connectivity index (χ0) is 10.8. The van der Waals surface area contributed by atoms with Gasteiger partial charge < -0.3 is 5.73 Å². The van der Waals surface area contributed by atoms with Gasteiger partial charge in [0.25, 0.3) is 0 Å². The first kappa shape index (κ1) is 11.9. The normalized spacial score (nSPS) is 21.9. The number of likely N-dealkylation sites (tertiary alicyclic amines) is 1. The van der Waals surface area contributed by atoms with Crippen LogP contribution in [-0.2, 0) is 9.84 Å². The maximum absolute atomic E-state index is 11.2. The third-order valence-corrected chi connectivity index (χ3v) is 4.33. The van der Waals surface area contributed by atoms with Crippen molar-refractivity contribution >= 4 is 9.84 Å². The summed E-state index contributed by atoms with van der Waals surface area (Å²) in [4.78, 5) is 2.20. The molecule has 0 aromatic heterocycles. The van der Waals surface area contributed by atoms with E-state index in [4.69, 9.17) is 5.73 Å². The van der Waals surface area contributed by atoms with Gasteiger partial charge in [-0.2, -0.15) is 0 Å². The van der Waals surface area contributed by atoms with Crippen molar-refractivity contribution in [1.82, 2.24) is 4.90 Å². The quantitative estimate of drug-likeness (QED) is 0.699. The van der Waals surface area contributed by atoms with Crippen molar-refractivity contribution < 1.29 is 8.42 Å². The molecule has 0 unspecified atom stereocenters. The Balaban J connectivity index is 2.12. The Morgan fingerprint density at radius 2 is 2.00 bits per heavy atom. The van der Waals surface area contributed by atoms with Gasteiger partial charge >= 0.3 is 0 Å². The molecule has 0 aromatic carbocycles. The van der Waals surface area contributed by atoms with Crippen LogP contribution in [0.5, 0.6) is 0 Å². The van der Waals surface area contributed by atoms with Crippen LogP contribution in [0.3, 0.4) is 0 Å². The lowest BCUT2D eigenvalue weighted by atomic mass is 9.94. The molecule has 0 aromatic rings. The fourth-order valence-corrected chi connectivity index (χ4v) is 2.64. The summed E-state index contributed by atoms with van der Waals surface area (Å²) >= 11 is 0. The molecular formula is C9H20N2O2S. The molecule has 0 aliphatic carbocycles. The zero-order valence-electron chi connectivity index (χ0n) is 8.99. The van der Waals surface area contributed by atoms with E-state index in [-0.39, 0.29) is 11.3 Å². The molecule has 2 N–H and O–H groups in total. The summed E-state index contributed by atoms with van der Waals surface area (Å²) in [6.45, 7) is 6.34. The molecule has 0 bridgehead atoms. The van der Waals surface area contributed by atoms with Gasteiger partial charge in [-0.05, 0) is 19.9 Å². The number of nitrogens with zero attached hydrogens (tertiary/aromatic N) is 1. The van der Waals surface area contributed by atoms with Gasteiger partial charge in [0.05, 0.1) is 5.75 Å². The van der Waals surface area contributed by atoms with E-state index in [0.717, 1.165) is 26.1 Å². The topological polar surface area (TPSA) is 63.4 Å². The Morgan fingerprint density at radius 3 is 2.43 bits per heavy atom. The SMILES string of the molecule is CCS(=O)(=O)CCCN1CC(C)(N)C1. The van der Waals surface area contributed by atoms with Crippen molar-refractivity contribution in [1.29, 1.82) is 0 Å². The first-order valence-electron chi connectivity index (χ1n) is 5.06. The Hall–Kier alpha value is -0.130. The fraction of sp³-hybridized carbons (Fsp3) is 1.00. The predicted octanol–water partition coefficient (Wildman–Crippen LogP) is -0.156. The summed E-state index contributed by atoms with van der Waals surface area (Å²) in [6, 6.07) is 0. The van der Waals surface area contributed by atoms with Gasteiger partial charge in [0.15, 0.2) is 0 Å². The van der Waals surface area contributed by atoms with Crippen LogP contribution in [-0.4, -0.2) is 50.0 Å². The fourth-order valence-electron chi connectivity index (χ4n) is 1.79. The smallest absolute Gasteiger partial charge is 0.150 e. The molecule has 0 radical (unpaired) electrons. The molecule has 5 heteroatoms. The summed E-state index contributed by atoms with van der Waals surface area (Å²) < 4.78 is 22.3. The lowest BCUT2D eigenvalue weighted by Crippen LogP contribution is -2.65. The summed E-state index contributed by atoms with van der Waals surface area (Å²) in [6.07, 6.45) is 0.728. The van der Waals surface area contributed by atoms with Crippen molar-refractivity contribution in [2.24, 2.45) is 5.73 Å². The Morgan fingerprint density at radius 1 is 1.43 bits per heavy atom. The summed E-state index contributed by atoms with van der Waals surface area (Å²) in [5.74, 6) is 0.558. The molecule has 1 saturated heterocycles. The van der Waals surface area contributed by atoms with E-state index >= 15 is 0 Å². The summed E-state index contributed by atoms with van der Waals surface area (Å²) in [5.41, 5.74) is 5.78. The number of sulfone groups is 1. The first-order valence-corrected chi connectivity index (χ1v) is 6.88. The predicted molar refractivity (Wildman–Crippen MR) is 58.0 cm³/mol. The highest BCUT2D eigenvalue weighted by atomic mass is 32.2. The van der Waals surface area contributed by atoms with Crippen molar-refractivity contribution in [2.75, 3.05) is 31.1 Å². The second-order valence-corrected chi connectivity index (χ2v) is 6.93. The average molecular weight is 220 g/mol. The van der Waals surface area contributed by atoms with Gasteiger partial charge in [-0.1, -0.05) is 6.92 Å². The molecule has 0 amide bonds. The lowest BCUT2D eigenvalue weighted by molar-refractivity contribution is 0.0846. The molecule has 0 atom stereocenters. The highest BCUT2D eigenvalue weighted by molar-refractivity contribution is 7.91. The maximum Gasteiger partial charge on any atom is 0.150 e. The van der Waals surface area contributed by atoms with Gasteiger partial charge in [-0.3, -0.25) is 4.90 Å². The van der Waals surface area contributed by atoms with E-state index in [1.54, 1.807) is 6.92 Å². The van der Waals surface area contributed by atoms with Gasteiger partial charge in [0.1, 0.15) is 9.84 Å². The molecule has 1 aliphatic rings. The Labute approximate surface area is 86.4 Å². The second-order valence-electron chi connectivity index (χ2n) is 4.45. The Bertz CT molecular complexity index is 277. The van der Waals surface area contributed by atoms with Gasteiger partial charge in [0, 0.05) is 24.4 Å². The highest BCUT2D eigenvalue weighted by Crippen LogP contribution is 2.16. The van der Waals surface area contributed by atoms with Crippen LogP contribution in [0.2, 0.25) is 0 Å². The van der Waals surface area contributed by atoms with E-state index < -0.39 is 9.84 Å². The van der Waals surface area contributed by atoms with Gasteiger partial charge in [-0.25, -0.2) is 8.42 Å². The van der Waals surface area contributed by atoms with Crippen molar-refractivity contribution in [3.05, 3.63) is 0 Å². The lowest BCUT2D eigenvalue weighted by Gasteiger charge is -2.45. The number of rotatable bonds is 5. The number of nitrogens with two attached hydrogens (primary N) is 1. The largest absolute Gasteiger partial charge is 0.323 e. The molecule has 1 fully saturated rings. The van der Waals surface area contributed by atoms with Crippen LogP contribution in [0.4, 0.5) is 0 Å². The molecule has 0 saturated carbocycles. The molecule has 0 spiro atoms. The van der Waals surface area contributed by atoms with E-state index in [9.17, 15) is 8.42 Å². The van der Waals surface area contributed by atoms with Gasteiger partial charge in [-0.15, -0.1) is 0 Å². The monoisotopic (exact) mass is 220 g/mol. The third kappa shape index (κ3) is 3.55. The summed E-state index contributed by atoms with van der Waals surface area (Å²) in [5, 5.41) is 0. The number of hydrogen-bond donors (Lipinski definition) is 1. The standard InChI is InChI=1S/C9H20N2O2S/c1-3-14(12,13)6-4-5-11-7-9(2,10)8-11/h3-8,10H2,1-2H3. The average Bonchev–Trinajstić information content (AvgIpc) is 2.01. The molecule has 14 heavy (non-hydrogen) atoms.